The summed E-state index contributed by atoms with van der Waals surface area (Å²) in [5, 5.41) is 0. The zero-order valence-corrected chi connectivity index (χ0v) is 8.66. The summed E-state index contributed by atoms with van der Waals surface area (Å²) >= 11 is 0. The van der Waals surface area contributed by atoms with Gasteiger partial charge in [0.05, 0.1) is 12.8 Å². The Morgan fingerprint density at radius 3 is 2.79 bits per heavy atom. The van der Waals surface area contributed by atoms with Crippen LogP contribution in [0.2, 0.25) is 0 Å². The Hall–Kier alpha value is -1.44. The van der Waals surface area contributed by atoms with Crippen LogP contribution in [0.15, 0.2) is 34.9 Å². The van der Waals surface area contributed by atoms with E-state index in [0.717, 1.165) is 18.7 Å². The van der Waals surface area contributed by atoms with E-state index in [-0.39, 0.29) is 0 Å². The van der Waals surface area contributed by atoms with Gasteiger partial charge in [0, 0.05) is 11.4 Å². The van der Waals surface area contributed by atoms with Gasteiger partial charge in [-0.25, -0.2) is 0 Å². The summed E-state index contributed by atoms with van der Waals surface area (Å²) < 4.78 is 7.63. The highest BCUT2D eigenvalue weighted by atomic mass is 16.3. The number of hydrogen-bond donors (Lipinski definition) is 0. The summed E-state index contributed by atoms with van der Waals surface area (Å²) in [4.78, 5) is 0. The van der Waals surface area contributed by atoms with Crippen molar-refractivity contribution in [2.75, 3.05) is 0 Å². The summed E-state index contributed by atoms with van der Waals surface area (Å²) in [6, 6.07) is 8.28. The zero-order chi connectivity index (χ0) is 9.97. The van der Waals surface area contributed by atoms with Gasteiger partial charge in [0.1, 0.15) is 5.76 Å². The maximum Gasteiger partial charge on any atom is 0.123 e. The van der Waals surface area contributed by atoms with Crippen molar-refractivity contribution in [3.63, 3.8) is 0 Å². The summed E-state index contributed by atoms with van der Waals surface area (Å²) in [5.74, 6) is 1.01. The number of aryl methyl sites for hydroxylation is 2. The van der Waals surface area contributed by atoms with Gasteiger partial charge in [-0.05, 0) is 37.6 Å². The Bertz CT molecular complexity index is 398. The molecular weight excluding hydrogens is 174 g/mol. The molecule has 0 atom stereocenters. The minimum atomic E-state index is 0.842. The number of hydrogen-bond acceptors (Lipinski definition) is 1. The lowest BCUT2D eigenvalue weighted by molar-refractivity contribution is 0.488. The van der Waals surface area contributed by atoms with Crippen LogP contribution in [0.3, 0.4) is 0 Å². The fourth-order valence-corrected chi connectivity index (χ4v) is 1.72. The predicted octanol–water partition coefficient (Wildman–Crippen LogP) is 3.00. The number of nitrogens with zero attached hydrogens (tertiary/aromatic N) is 1. The van der Waals surface area contributed by atoms with Crippen LogP contribution in [0.4, 0.5) is 0 Å². The molecule has 0 fully saturated rings. The van der Waals surface area contributed by atoms with Crippen LogP contribution in [0, 0.1) is 6.92 Å². The second-order valence-corrected chi connectivity index (χ2v) is 3.49. The maximum absolute atomic E-state index is 5.34. The maximum atomic E-state index is 5.34. The van der Waals surface area contributed by atoms with Gasteiger partial charge in [-0.1, -0.05) is 6.92 Å². The highest BCUT2D eigenvalue weighted by molar-refractivity contribution is 5.17. The normalized spacial score (nSPS) is 10.7. The fraction of sp³-hybridized carbons (Fsp3) is 0.333. The molecule has 0 aliphatic carbocycles. The molecule has 0 aliphatic rings. The zero-order valence-electron chi connectivity index (χ0n) is 8.66. The minimum absolute atomic E-state index is 0.842. The van der Waals surface area contributed by atoms with Gasteiger partial charge in [0.15, 0.2) is 0 Å². The third kappa shape index (κ3) is 1.60. The largest absolute Gasteiger partial charge is 0.467 e. The quantitative estimate of drug-likeness (QED) is 0.725. The molecule has 0 aliphatic heterocycles. The van der Waals surface area contributed by atoms with Crippen LogP contribution in [0.1, 0.15) is 24.1 Å². The van der Waals surface area contributed by atoms with Gasteiger partial charge in [-0.3, -0.25) is 0 Å². The fourth-order valence-electron chi connectivity index (χ4n) is 1.72. The standard InChI is InChI=1S/C12H15NO/c1-3-11-7-6-10(2)13(11)9-12-5-4-8-14-12/h4-8H,3,9H2,1-2H3. The van der Waals surface area contributed by atoms with Crippen LogP contribution < -0.4 is 0 Å². The summed E-state index contributed by atoms with van der Waals surface area (Å²) in [5.41, 5.74) is 2.65. The molecule has 0 N–H and O–H groups in total. The molecule has 0 bridgehead atoms. The second-order valence-electron chi connectivity index (χ2n) is 3.49. The lowest BCUT2D eigenvalue weighted by Gasteiger charge is -2.08. The molecule has 0 radical (unpaired) electrons. The van der Waals surface area contributed by atoms with Crippen LogP contribution in [-0.2, 0) is 13.0 Å². The highest BCUT2D eigenvalue weighted by Gasteiger charge is 2.04. The Morgan fingerprint density at radius 2 is 2.14 bits per heavy atom. The van der Waals surface area contributed by atoms with Gasteiger partial charge in [-0.2, -0.15) is 0 Å². The molecule has 2 aromatic heterocycles. The first-order valence-corrected chi connectivity index (χ1v) is 4.98. The third-order valence-corrected chi connectivity index (χ3v) is 2.55. The van der Waals surface area contributed by atoms with E-state index in [9.17, 15) is 0 Å². The van der Waals surface area contributed by atoms with Crippen molar-refractivity contribution in [3.05, 3.63) is 47.7 Å². The SMILES string of the molecule is CCc1ccc(C)n1Cc1ccco1. The Morgan fingerprint density at radius 1 is 1.29 bits per heavy atom. The monoisotopic (exact) mass is 189 g/mol. The number of furan rings is 1. The van der Waals surface area contributed by atoms with Gasteiger partial charge in [-0.15, -0.1) is 0 Å². The van der Waals surface area contributed by atoms with Crippen LogP contribution in [0.25, 0.3) is 0 Å². The topological polar surface area (TPSA) is 18.1 Å². The molecule has 0 saturated heterocycles. The average Bonchev–Trinajstić information content (AvgIpc) is 2.79. The first-order chi connectivity index (χ1) is 6.81. The van der Waals surface area contributed by atoms with Crippen molar-refractivity contribution >= 4 is 0 Å². The average molecular weight is 189 g/mol. The lowest BCUT2D eigenvalue weighted by Crippen LogP contribution is -2.04. The first-order valence-electron chi connectivity index (χ1n) is 4.98. The van der Waals surface area contributed by atoms with E-state index in [0.29, 0.717) is 0 Å². The smallest absolute Gasteiger partial charge is 0.123 e. The van der Waals surface area contributed by atoms with E-state index in [2.05, 4.69) is 30.5 Å². The molecule has 2 nitrogen and oxygen atoms in total. The predicted molar refractivity (Wildman–Crippen MR) is 56.4 cm³/mol. The molecule has 0 saturated carbocycles. The lowest BCUT2D eigenvalue weighted by atomic mass is 10.3. The van der Waals surface area contributed by atoms with Gasteiger partial charge >= 0.3 is 0 Å². The van der Waals surface area contributed by atoms with Crippen LogP contribution >= 0.6 is 0 Å². The highest BCUT2D eigenvalue weighted by Crippen LogP contribution is 2.12. The molecule has 2 heteroatoms. The van der Waals surface area contributed by atoms with Gasteiger partial charge in [0.25, 0.3) is 0 Å². The molecule has 2 heterocycles. The van der Waals surface area contributed by atoms with Gasteiger partial charge < -0.3 is 8.98 Å². The molecule has 0 aromatic carbocycles. The van der Waals surface area contributed by atoms with Crippen molar-refractivity contribution in [1.82, 2.24) is 4.57 Å². The Kier molecular flexibility index (Phi) is 2.44. The summed E-state index contributed by atoms with van der Waals surface area (Å²) in [7, 11) is 0. The van der Waals surface area contributed by atoms with E-state index in [1.165, 1.54) is 11.4 Å². The number of aromatic nitrogens is 1. The second kappa shape index (κ2) is 3.74. The van der Waals surface area contributed by atoms with E-state index >= 15 is 0 Å². The minimum Gasteiger partial charge on any atom is -0.467 e. The molecule has 14 heavy (non-hydrogen) atoms. The van der Waals surface area contributed by atoms with Gasteiger partial charge in [0.2, 0.25) is 0 Å². The molecule has 74 valence electrons. The molecule has 0 unspecified atom stereocenters. The molecule has 0 amide bonds. The molecular formula is C12H15NO. The van der Waals surface area contributed by atoms with E-state index in [1.807, 2.05) is 12.1 Å². The van der Waals surface area contributed by atoms with Crippen LogP contribution in [-0.4, -0.2) is 4.57 Å². The molecule has 2 aromatic rings. The van der Waals surface area contributed by atoms with E-state index in [1.54, 1.807) is 6.26 Å². The van der Waals surface area contributed by atoms with Crippen molar-refractivity contribution in [1.29, 1.82) is 0 Å². The van der Waals surface area contributed by atoms with Crippen molar-refractivity contribution in [2.45, 2.75) is 26.8 Å². The Balaban J connectivity index is 2.27. The molecule has 0 spiro atoms. The molecule has 2 rings (SSSR count). The van der Waals surface area contributed by atoms with Crippen LogP contribution in [0.5, 0.6) is 0 Å². The number of rotatable bonds is 3. The van der Waals surface area contributed by atoms with Crippen molar-refractivity contribution in [2.24, 2.45) is 0 Å². The Labute approximate surface area is 84.2 Å². The van der Waals surface area contributed by atoms with E-state index < -0.39 is 0 Å². The summed E-state index contributed by atoms with van der Waals surface area (Å²) in [6.45, 7) is 5.14. The summed E-state index contributed by atoms with van der Waals surface area (Å²) in [6.07, 6.45) is 2.79. The third-order valence-electron chi connectivity index (χ3n) is 2.55. The van der Waals surface area contributed by atoms with Crippen molar-refractivity contribution < 1.29 is 4.42 Å². The first kappa shape index (κ1) is 9.13. The van der Waals surface area contributed by atoms with E-state index in [4.69, 9.17) is 4.42 Å². The van der Waals surface area contributed by atoms with Crippen molar-refractivity contribution in [3.8, 4) is 0 Å².